The maximum Gasteiger partial charge on any atom is 0.335 e. The van der Waals surface area contributed by atoms with Crippen LogP contribution in [0.15, 0.2) is 218 Å². The van der Waals surface area contributed by atoms with Crippen molar-refractivity contribution < 1.29 is 39.6 Å². The van der Waals surface area contributed by atoms with Gasteiger partial charge >= 0.3 is 23.9 Å². The number of fused-ring (bicyclic) bond motifs is 8. The van der Waals surface area contributed by atoms with Crippen molar-refractivity contribution in [1.29, 1.82) is 0 Å². The van der Waals surface area contributed by atoms with Crippen molar-refractivity contribution in [3.8, 4) is 89.0 Å². The Balaban J connectivity index is 1.11. The van der Waals surface area contributed by atoms with Gasteiger partial charge in [-0.3, -0.25) is 0 Å². The average molecular weight is 1100 g/mol. The van der Waals surface area contributed by atoms with Gasteiger partial charge in [0.2, 0.25) is 0 Å². The number of aromatic amines is 2. The van der Waals surface area contributed by atoms with E-state index in [9.17, 15) is 39.6 Å². The van der Waals surface area contributed by atoms with Gasteiger partial charge in [0.15, 0.2) is 0 Å². The number of hydrogen-bond acceptors (Lipinski definition) is 6. The number of aromatic carboxylic acids is 4. The number of rotatable bonds is 12. The lowest BCUT2D eigenvalue weighted by Crippen LogP contribution is -1.95. The zero-order valence-corrected chi connectivity index (χ0v) is 44.4. The predicted molar refractivity (Wildman–Crippen MR) is 330 cm³/mol. The number of carbonyl (C=O) groups is 4. The van der Waals surface area contributed by atoms with Crippen LogP contribution in [-0.2, 0) is 0 Å². The van der Waals surface area contributed by atoms with Gasteiger partial charge in [-0.15, -0.1) is 0 Å². The van der Waals surface area contributed by atoms with Crippen LogP contribution in [0.2, 0.25) is 0 Å². The van der Waals surface area contributed by atoms with Gasteiger partial charge in [-0.2, -0.15) is 0 Å². The number of nitrogens with one attached hydrogen (secondary N) is 2. The molecule has 402 valence electrons. The van der Waals surface area contributed by atoms with E-state index < -0.39 is 23.9 Å². The van der Waals surface area contributed by atoms with Crippen LogP contribution >= 0.6 is 0 Å². The molecule has 0 aliphatic carbocycles. The molecule has 0 atom stereocenters. The summed E-state index contributed by atoms with van der Waals surface area (Å²) in [6.45, 7) is 0. The van der Waals surface area contributed by atoms with E-state index in [0.717, 1.165) is 111 Å². The van der Waals surface area contributed by atoms with Gasteiger partial charge in [0, 0.05) is 44.3 Å². The molecule has 0 radical (unpaired) electrons. The summed E-state index contributed by atoms with van der Waals surface area (Å²) in [5, 5.41) is 38.8. The van der Waals surface area contributed by atoms with Gasteiger partial charge in [0.05, 0.1) is 45.0 Å². The number of benzene rings is 8. The molecule has 2 aliphatic rings. The van der Waals surface area contributed by atoms with E-state index in [0.29, 0.717) is 22.8 Å². The second-order valence-electron chi connectivity index (χ2n) is 20.4. The van der Waals surface area contributed by atoms with Crippen LogP contribution in [0.3, 0.4) is 0 Å². The van der Waals surface area contributed by atoms with E-state index in [1.807, 2.05) is 121 Å². The minimum absolute atomic E-state index is 0.183. The van der Waals surface area contributed by atoms with Crippen molar-refractivity contribution in [3.63, 3.8) is 0 Å². The van der Waals surface area contributed by atoms with Crippen LogP contribution in [0.5, 0.6) is 0 Å². The van der Waals surface area contributed by atoms with E-state index >= 15 is 0 Å². The highest BCUT2D eigenvalue weighted by molar-refractivity contribution is 6.02. The Labute approximate surface area is 480 Å². The van der Waals surface area contributed by atoms with E-state index in [-0.39, 0.29) is 22.3 Å². The van der Waals surface area contributed by atoms with Gasteiger partial charge in [0.1, 0.15) is 0 Å². The first-order valence-electron chi connectivity index (χ1n) is 26.8. The fraction of sp³-hybridized carbons (Fsp3) is 0. The lowest BCUT2D eigenvalue weighted by atomic mass is 9.97. The first-order valence-corrected chi connectivity index (χ1v) is 26.8. The molecule has 6 N–H and O–H groups in total. The highest BCUT2D eigenvalue weighted by Crippen LogP contribution is 2.41. The summed E-state index contributed by atoms with van der Waals surface area (Å²) in [6.07, 6.45) is 8.04. The topological polar surface area (TPSA) is 207 Å². The highest BCUT2D eigenvalue weighted by atomic mass is 16.4. The molecule has 2 aliphatic heterocycles. The third-order valence-electron chi connectivity index (χ3n) is 15.2. The Bertz CT molecular complexity index is 4170. The smallest absolute Gasteiger partial charge is 0.335 e. The van der Waals surface area contributed by atoms with E-state index in [1.165, 1.54) is 0 Å². The Kier molecular flexibility index (Phi) is 13.1. The van der Waals surface area contributed by atoms with Crippen LogP contribution < -0.4 is 0 Å². The Morgan fingerprint density at radius 2 is 0.452 bits per heavy atom. The van der Waals surface area contributed by atoms with Crippen LogP contribution in [0, 0.1) is 0 Å². The van der Waals surface area contributed by atoms with Gasteiger partial charge in [-0.1, -0.05) is 121 Å². The molecule has 0 amide bonds. The molecule has 0 saturated carbocycles. The second kappa shape index (κ2) is 21.4. The number of carboxylic acids is 4. The Morgan fingerprint density at radius 1 is 0.250 bits per heavy atom. The standard InChI is InChI=1S/C72H46N4O8/c77-69(78)45-21-13-41(14-22-45)49-5-1-9-53(37-49)65-57-29-31-59(73-57)66(54-10-2-6-50(38-54)42-15-23-46(24-16-42)70(79)80)61-33-35-63(75-61)68(56-12-4-8-52(40-56)44-19-27-48(28-20-44)72(83)84)64-36-34-62(76-64)67(60-32-30-58(65)74-60)55-11-3-7-51(39-55)43-17-25-47(26-18-43)71(81)82/h1-40,73,76H,(H,77,78)(H,79,80)(H,81,82)(H,83,84). The summed E-state index contributed by atoms with van der Waals surface area (Å²) in [7, 11) is 0. The molecular formula is C72H46N4O8. The highest BCUT2D eigenvalue weighted by Gasteiger charge is 2.21. The van der Waals surface area contributed by atoms with Crippen LogP contribution in [0.4, 0.5) is 0 Å². The summed E-state index contributed by atoms with van der Waals surface area (Å²) in [6, 6.07) is 67.6. The fourth-order valence-corrected chi connectivity index (χ4v) is 11.1. The number of carboxylic acid groups (broad SMARTS) is 4. The van der Waals surface area contributed by atoms with Crippen molar-refractivity contribution in [1.82, 2.24) is 19.9 Å². The molecule has 0 saturated heterocycles. The fourth-order valence-electron chi connectivity index (χ4n) is 11.1. The summed E-state index contributed by atoms with van der Waals surface area (Å²) < 4.78 is 0. The molecule has 0 unspecified atom stereocenters. The number of nitrogens with zero attached hydrogens (tertiary/aromatic N) is 2. The maximum absolute atomic E-state index is 11.9. The molecular weight excluding hydrogens is 1050 g/mol. The largest absolute Gasteiger partial charge is 0.478 e. The summed E-state index contributed by atoms with van der Waals surface area (Å²) in [5.41, 5.74) is 19.7. The second-order valence-corrected chi connectivity index (χ2v) is 20.4. The minimum Gasteiger partial charge on any atom is -0.478 e. The maximum atomic E-state index is 11.9. The minimum atomic E-state index is -1.01. The molecule has 3 aromatic heterocycles. The monoisotopic (exact) mass is 1090 g/mol. The number of H-pyrrole nitrogens is 2. The first kappa shape index (κ1) is 51.7. The molecule has 12 nitrogen and oxygen atoms in total. The molecule has 12 heteroatoms. The van der Waals surface area contributed by atoms with Gasteiger partial charge in [-0.25, -0.2) is 29.1 Å². The van der Waals surface area contributed by atoms with E-state index in [2.05, 4.69) is 34.2 Å². The van der Waals surface area contributed by atoms with E-state index in [4.69, 9.17) is 9.97 Å². The molecule has 8 aromatic carbocycles. The number of hydrogen-bond donors (Lipinski definition) is 6. The van der Waals surface area contributed by atoms with Gasteiger partial charge in [-0.05, 0) is 188 Å². The first-order chi connectivity index (χ1) is 40.9. The van der Waals surface area contributed by atoms with Gasteiger partial charge in [0.25, 0.3) is 0 Å². The van der Waals surface area contributed by atoms with E-state index in [1.54, 1.807) is 97.1 Å². The van der Waals surface area contributed by atoms with Crippen LogP contribution in [0.25, 0.3) is 135 Å². The van der Waals surface area contributed by atoms with Crippen molar-refractivity contribution in [2.75, 3.05) is 0 Å². The van der Waals surface area contributed by atoms with Crippen LogP contribution in [0.1, 0.15) is 64.2 Å². The lowest BCUT2D eigenvalue weighted by Gasteiger charge is -2.10. The van der Waals surface area contributed by atoms with Crippen molar-refractivity contribution in [2.45, 2.75) is 0 Å². The SMILES string of the molecule is O=C(O)c1ccc(-c2cccc(-c3c4nc(c(-c5cccc(-c6ccc(C(=O)O)cc6)c5)c5ccc([nH]5)c(-c5cccc(-c6ccc(C(=O)O)cc6)c5)c5nc(c(-c6cccc(-c7ccc(C(=O)O)cc7)c6)c6ccc3[nH]6)C=C5)C=C4)c2)cc1. The zero-order valence-electron chi connectivity index (χ0n) is 44.4. The molecule has 0 spiro atoms. The molecule has 84 heavy (non-hydrogen) atoms. The van der Waals surface area contributed by atoms with Crippen molar-refractivity contribution >= 4 is 70.2 Å². The molecule has 8 bridgehead atoms. The molecule has 5 heterocycles. The quantitative estimate of drug-likeness (QED) is 0.0682. The predicted octanol–water partition coefficient (Wildman–Crippen LogP) is 16.8. The lowest BCUT2D eigenvalue weighted by molar-refractivity contribution is 0.0686. The molecule has 13 rings (SSSR count). The van der Waals surface area contributed by atoms with Crippen molar-refractivity contribution in [3.05, 3.63) is 263 Å². The van der Waals surface area contributed by atoms with Crippen LogP contribution in [-0.4, -0.2) is 64.2 Å². The Morgan fingerprint density at radius 3 is 0.655 bits per heavy atom. The zero-order chi connectivity index (χ0) is 57.6. The molecule has 0 fully saturated rings. The average Bonchev–Trinajstić information content (AvgIpc) is 3.51. The van der Waals surface area contributed by atoms with Gasteiger partial charge < -0.3 is 30.4 Å². The number of aromatic nitrogens is 4. The summed E-state index contributed by atoms with van der Waals surface area (Å²) in [4.78, 5) is 66.2. The van der Waals surface area contributed by atoms with Crippen molar-refractivity contribution in [2.24, 2.45) is 0 Å². The third kappa shape index (κ3) is 9.92. The summed E-state index contributed by atoms with van der Waals surface area (Å²) >= 11 is 0. The Hall–Kier alpha value is -11.8. The normalized spacial score (nSPS) is 11.6. The third-order valence-corrected chi connectivity index (χ3v) is 15.2. The summed E-state index contributed by atoms with van der Waals surface area (Å²) in [5.74, 6) is -4.04. The molecule has 11 aromatic rings.